The highest BCUT2D eigenvalue weighted by molar-refractivity contribution is 7.13. The van der Waals surface area contributed by atoms with Crippen molar-refractivity contribution in [1.29, 1.82) is 0 Å². The van der Waals surface area contributed by atoms with Crippen LogP contribution in [0.1, 0.15) is 19.3 Å². The lowest BCUT2D eigenvalue weighted by molar-refractivity contribution is -0.654. The van der Waals surface area contributed by atoms with E-state index in [2.05, 4.69) is 31.1 Å². The summed E-state index contributed by atoms with van der Waals surface area (Å²) in [4.78, 5) is 0. The van der Waals surface area contributed by atoms with Crippen LogP contribution in [-0.4, -0.2) is 13.1 Å². The van der Waals surface area contributed by atoms with Gasteiger partial charge in [0.15, 0.2) is 0 Å². The predicted molar refractivity (Wildman–Crippen MR) is 143 cm³/mol. The Kier molecular flexibility index (Phi) is 9.02. The molecule has 0 aliphatic heterocycles. The van der Waals surface area contributed by atoms with Crippen molar-refractivity contribution in [2.45, 2.75) is 19.3 Å². The van der Waals surface area contributed by atoms with E-state index >= 15 is 0 Å². The molecule has 0 saturated heterocycles. The number of thiazole rings is 2. The van der Waals surface area contributed by atoms with Gasteiger partial charge in [-0.1, -0.05) is 0 Å². The molecule has 0 atom stereocenters. The topological polar surface area (TPSA) is 81.3 Å². The lowest BCUT2D eigenvalue weighted by Gasteiger charge is -2.08. The lowest BCUT2D eigenvalue weighted by Crippen LogP contribution is -2.23. The van der Waals surface area contributed by atoms with Crippen molar-refractivity contribution in [2.24, 2.45) is 34.6 Å². The van der Waals surface area contributed by atoms with Crippen LogP contribution in [0.4, 0.5) is 33.0 Å². The Bertz CT molecular complexity index is 1150. The Balaban J connectivity index is 1.09. The molecular weight excluding hydrogens is 476 g/mol. The van der Waals surface area contributed by atoms with Crippen LogP contribution in [0.5, 0.6) is 0 Å². The fourth-order valence-corrected chi connectivity index (χ4v) is 4.59. The summed E-state index contributed by atoms with van der Waals surface area (Å²) in [5.74, 6) is 0. The summed E-state index contributed by atoms with van der Waals surface area (Å²) in [6, 6.07) is 16.1. The molecular formula is C25H30N8S2+2. The molecule has 0 unspecified atom stereocenters. The summed E-state index contributed by atoms with van der Waals surface area (Å²) in [6.45, 7) is 1.90. The molecule has 10 heteroatoms. The van der Waals surface area contributed by atoms with Crippen LogP contribution in [0, 0.1) is 0 Å². The van der Waals surface area contributed by atoms with Gasteiger partial charge in [-0.2, -0.15) is 0 Å². The van der Waals surface area contributed by atoms with Crippen molar-refractivity contribution in [3.8, 4) is 0 Å². The maximum atomic E-state index is 4.30. The molecule has 2 aromatic heterocycles. The first-order chi connectivity index (χ1) is 17.2. The average Bonchev–Trinajstić information content (AvgIpc) is 3.49. The zero-order chi connectivity index (χ0) is 24.3. The number of aryl methyl sites for hydroxylation is 2. The molecule has 0 saturated carbocycles. The summed E-state index contributed by atoms with van der Waals surface area (Å²) in [6.07, 6.45) is 7.35. The number of benzene rings is 2. The molecule has 0 spiro atoms. The normalized spacial score (nSPS) is 11.5. The molecule has 35 heavy (non-hydrogen) atoms. The van der Waals surface area contributed by atoms with E-state index < -0.39 is 0 Å². The molecule has 180 valence electrons. The van der Waals surface area contributed by atoms with Crippen LogP contribution < -0.4 is 19.8 Å². The molecule has 0 fully saturated rings. The fourth-order valence-electron chi connectivity index (χ4n) is 3.23. The highest BCUT2D eigenvalue weighted by Gasteiger charge is 2.08. The summed E-state index contributed by atoms with van der Waals surface area (Å²) >= 11 is 3.14. The van der Waals surface area contributed by atoms with Gasteiger partial charge in [0.2, 0.25) is 0 Å². The molecule has 0 amide bonds. The van der Waals surface area contributed by atoms with Crippen molar-refractivity contribution in [1.82, 2.24) is 0 Å². The van der Waals surface area contributed by atoms with Gasteiger partial charge < -0.3 is 10.6 Å². The monoisotopic (exact) mass is 506 g/mol. The molecule has 4 rings (SSSR count). The van der Waals surface area contributed by atoms with Gasteiger partial charge in [-0.3, -0.25) is 0 Å². The first-order valence-electron chi connectivity index (χ1n) is 11.5. The van der Waals surface area contributed by atoms with Crippen LogP contribution in [0.2, 0.25) is 0 Å². The molecule has 0 aliphatic rings. The molecule has 4 aromatic rings. The highest BCUT2D eigenvalue weighted by atomic mass is 32.1. The minimum atomic E-state index is 0.850. The number of unbranched alkanes of at least 4 members (excludes halogenated alkanes) is 2. The zero-order valence-corrected chi connectivity index (χ0v) is 21.6. The second kappa shape index (κ2) is 12.8. The summed E-state index contributed by atoms with van der Waals surface area (Å²) in [7, 11) is 3.93. The molecule has 8 nitrogen and oxygen atoms in total. The van der Waals surface area contributed by atoms with Crippen molar-refractivity contribution >= 4 is 55.7 Å². The third kappa shape index (κ3) is 7.76. The molecule has 2 aromatic carbocycles. The van der Waals surface area contributed by atoms with Gasteiger partial charge in [-0.15, -0.1) is 0 Å². The van der Waals surface area contributed by atoms with E-state index in [-0.39, 0.29) is 0 Å². The predicted octanol–water partition coefficient (Wildman–Crippen LogP) is 6.98. The third-order valence-electron chi connectivity index (χ3n) is 5.27. The van der Waals surface area contributed by atoms with Crippen LogP contribution in [0.3, 0.4) is 0 Å². The number of rotatable bonds is 12. The Labute approximate surface area is 213 Å². The number of nitrogens with zero attached hydrogens (tertiary/aromatic N) is 6. The summed E-state index contributed by atoms with van der Waals surface area (Å²) in [5.41, 5.74) is 3.91. The lowest BCUT2D eigenvalue weighted by atomic mass is 10.2. The SMILES string of the molecule is C[n+]1ccsc1N=Nc1ccc(NCCCCCNc2ccc(N=Nc3scc[n+]3C)cc2)cc1. The number of nitrogens with one attached hydrogen (secondary N) is 2. The van der Waals surface area contributed by atoms with E-state index in [4.69, 9.17) is 0 Å². The van der Waals surface area contributed by atoms with E-state index in [1.807, 2.05) is 94.9 Å². The average molecular weight is 507 g/mol. The van der Waals surface area contributed by atoms with Crippen LogP contribution >= 0.6 is 22.7 Å². The van der Waals surface area contributed by atoms with Gasteiger partial charge >= 0.3 is 10.3 Å². The summed E-state index contributed by atoms with van der Waals surface area (Å²) in [5, 5.41) is 29.9. The smallest absolute Gasteiger partial charge is 0.385 e. The fraction of sp³-hybridized carbons (Fsp3) is 0.280. The zero-order valence-electron chi connectivity index (χ0n) is 20.0. The van der Waals surface area contributed by atoms with Gasteiger partial charge in [-0.25, -0.2) is 9.13 Å². The Morgan fingerprint density at radius 1 is 0.600 bits per heavy atom. The van der Waals surface area contributed by atoms with Crippen molar-refractivity contribution in [2.75, 3.05) is 23.7 Å². The van der Waals surface area contributed by atoms with Crippen LogP contribution in [-0.2, 0) is 14.1 Å². The van der Waals surface area contributed by atoms with E-state index in [0.717, 1.165) is 65.4 Å². The van der Waals surface area contributed by atoms with E-state index in [1.165, 1.54) is 0 Å². The number of azo groups is 2. The second-order valence-corrected chi connectivity index (χ2v) is 9.75. The van der Waals surface area contributed by atoms with Gasteiger partial charge in [0, 0.05) is 35.2 Å². The third-order valence-corrected chi connectivity index (χ3v) is 6.94. The first kappa shape index (κ1) is 24.6. The Morgan fingerprint density at radius 2 is 1.03 bits per heavy atom. The molecule has 2 heterocycles. The molecule has 0 bridgehead atoms. The van der Waals surface area contributed by atoms with Gasteiger partial charge in [0.1, 0.15) is 23.8 Å². The Morgan fingerprint density at radius 3 is 1.40 bits per heavy atom. The van der Waals surface area contributed by atoms with E-state index in [1.54, 1.807) is 22.7 Å². The highest BCUT2D eigenvalue weighted by Crippen LogP contribution is 2.22. The first-order valence-corrected chi connectivity index (χ1v) is 13.3. The van der Waals surface area contributed by atoms with E-state index in [0.29, 0.717) is 0 Å². The second-order valence-electron chi connectivity index (χ2n) is 8.00. The van der Waals surface area contributed by atoms with Crippen molar-refractivity contribution < 1.29 is 9.13 Å². The Hall–Kier alpha value is -3.50. The van der Waals surface area contributed by atoms with Crippen molar-refractivity contribution in [3.05, 3.63) is 71.7 Å². The number of aromatic nitrogens is 2. The van der Waals surface area contributed by atoms with E-state index in [9.17, 15) is 0 Å². The summed E-state index contributed by atoms with van der Waals surface area (Å²) < 4.78 is 3.91. The molecule has 0 aliphatic carbocycles. The standard InChI is InChI=1S/C25H28N8S2/c1-32-16-18-34-24(32)30-28-22-10-6-20(7-11-22)26-14-4-3-5-15-27-21-8-12-23(13-9-21)29-31-25-33(2)17-19-35-25/h6-13,16-19H,3-5,14-15H2,1-2H3/p+2. The van der Waals surface area contributed by atoms with Gasteiger partial charge in [-0.05, 0) is 101 Å². The maximum Gasteiger partial charge on any atom is 0.408 e. The quantitative estimate of drug-likeness (QED) is 0.123. The largest absolute Gasteiger partial charge is 0.408 e. The van der Waals surface area contributed by atoms with Gasteiger partial charge in [0.25, 0.3) is 0 Å². The maximum absolute atomic E-state index is 4.30. The number of anilines is 2. The number of hydrogen-bond acceptors (Lipinski definition) is 8. The van der Waals surface area contributed by atoms with Crippen LogP contribution in [0.15, 0.2) is 92.1 Å². The molecule has 2 N–H and O–H groups in total. The number of hydrogen-bond donors (Lipinski definition) is 2. The van der Waals surface area contributed by atoms with Crippen molar-refractivity contribution in [3.63, 3.8) is 0 Å². The minimum absolute atomic E-state index is 0.850. The van der Waals surface area contributed by atoms with Crippen LogP contribution in [0.25, 0.3) is 0 Å². The van der Waals surface area contributed by atoms with Gasteiger partial charge in [0.05, 0.1) is 24.3 Å². The molecule has 0 radical (unpaired) electrons. The minimum Gasteiger partial charge on any atom is -0.385 e.